The van der Waals surface area contributed by atoms with Gasteiger partial charge in [-0.25, -0.2) is 0 Å². The summed E-state index contributed by atoms with van der Waals surface area (Å²) in [5.41, 5.74) is 0.545. The van der Waals surface area contributed by atoms with Gasteiger partial charge < -0.3 is 14.2 Å². The maximum absolute atomic E-state index is 10.8. The Bertz CT molecular complexity index is 427. The Kier molecular flexibility index (Phi) is 4.60. The predicted molar refractivity (Wildman–Crippen MR) is 70.6 cm³/mol. The van der Waals surface area contributed by atoms with E-state index in [0.717, 1.165) is 25.7 Å². The van der Waals surface area contributed by atoms with Crippen molar-refractivity contribution in [2.75, 3.05) is 20.3 Å². The number of hydrogen-bond acceptors (Lipinski definition) is 4. The van der Waals surface area contributed by atoms with Crippen molar-refractivity contribution < 1.29 is 19.0 Å². The summed E-state index contributed by atoms with van der Waals surface area (Å²) in [7, 11) is 1.55. The van der Waals surface area contributed by atoms with Gasteiger partial charge in [-0.05, 0) is 40.9 Å². The normalized spacial score (nSPS) is 18.7. The van der Waals surface area contributed by atoms with Crippen molar-refractivity contribution in [1.29, 1.82) is 0 Å². The molecule has 4 nitrogen and oxygen atoms in total. The number of ether oxygens (including phenoxy) is 3. The Morgan fingerprint density at radius 1 is 1.56 bits per heavy atom. The van der Waals surface area contributed by atoms with Gasteiger partial charge in [0.2, 0.25) is 0 Å². The van der Waals surface area contributed by atoms with Crippen LogP contribution in [0.4, 0.5) is 0 Å². The van der Waals surface area contributed by atoms with E-state index in [-0.39, 0.29) is 6.10 Å². The van der Waals surface area contributed by atoms with Crippen molar-refractivity contribution in [2.45, 2.75) is 18.9 Å². The molecule has 0 saturated carbocycles. The molecule has 0 aromatic heterocycles. The molecule has 1 atom stereocenters. The molecule has 1 aromatic carbocycles. The number of carbonyl (C=O) groups excluding carboxylic acids is 1. The van der Waals surface area contributed by atoms with Gasteiger partial charge in [-0.3, -0.25) is 4.79 Å². The van der Waals surface area contributed by atoms with Crippen molar-refractivity contribution in [3.8, 4) is 11.5 Å². The number of rotatable bonds is 5. The van der Waals surface area contributed by atoms with Gasteiger partial charge in [-0.15, -0.1) is 0 Å². The molecule has 0 N–H and O–H groups in total. The summed E-state index contributed by atoms with van der Waals surface area (Å²) in [5.74, 6) is 1.16. The zero-order valence-electron chi connectivity index (χ0n) is 10.1. The van der Waals surface area contributed by atoms with Crippen LogP contribution in [0, 0.1) is 0 Å². The molecule has 1 fully saturated rings. The first-order valence-corrected chi connectivity index (χ1v) is 6.61. The van der Waals surface area contributed by atoms with Gasteiger partial charge in [0.15, 0.2) is 11.5 Å². The van der Waals surface area contributed by atoms with Gasteiger partial charge in [0.25, 0.3) is 0 Å². The molecule has 0 bridgehead atoms. The molecule has 2 rings (SSSR count). The fourth-order valence-corrected chi connectivity index (χ4v) is 2.47. The molecule has 18 heavy (non-hydrogen) atoms. The highest BCUT2D eigenvalue weighted by atomic mass is 79.9. The van der Waals surface area contributed by atoms with E-state index >= 15 is 0 Å². The highest BCUT2D eigenvalue weighted by Gasteiger charge is 2.18. The van der Waals surface area contributed by atoms with E-state index < -0.39 is 0 Å². The zero-order chi connectivity index (χ0) is 13.0. The zero-order valence-corrected chi connectivity index (χ0v) is 11.7. The molecule has 5 heteroatoms. The Morgan fingerprint density at radius 2 is 2.39 bits per heavy atom. The third kappa shape index (κ3) is 3.03. The number of halogens is 1. The van der Waals surface area contributed by atoms with Gasteiger partial charge in [0.05, 0.1) is 17.7 Å². The van der Waals surface area contributed by atoms with Crippen molar-refractivity contribution in [2.24, 2.45) is 0 Å². The lowest BCUT2D eigenvalue weighted by Crippen LogP contribution is -2.16. The maximum Gasteiger partial charge on any atom is 0.175 e. The Hall–Kier alpha value is -1.07. The van der Waals surface area contributed by atoms with E-state index in [1.165, 1.54) is 0 Å². The summed E-state index contributed by atoms with van der Waals surface area (Å²) in [5, 5.41) is 0. The number of benzene rings is 1. The largest absolute Gasteiger partial charge is 0.493 e. The fourth-order valence-electron chi connectivity index (χ4n) is 1.90. The van der Waals surface area contributed by atoms with Crippen LogP contribution in [-0.2, 0) is 4.74 Å². The van der Waals surface area contributed by atoms with Gasteiger partial charge >= 0.3 is 0 Å². The van der Waals surface area contributed by atoms with E-state index in [1.54, 1.807) is 19.2 Å². The first-order chi connectivity index (χ1) is 8.74. The standard InChI is InChI=1S/C13H15BrO4/c1-16-12-6-9(7-15)5-11(14)13(12)18-8-10-3-2-4-17-10/h5-7,10H,2-4,8H2,1H3. The lowest BCUT2D eigenvalue weighted by Gasteiger charge is -2.15. The van der Waals surface area contributed by atoms with Crippen LogP contribution < -0.4 is 9.47 Å². The molecule has 0 spiro atoms. The molecule has 1 heterocycles. The number of hydrogen-bond donors (Lipinski definition) is 0. The summed E-state index contributed by atoms with van der Waals surface area (Å²) in [6.07, 6.45) is 3.02. The smallest absolute Gasteiger partial charge is 0.175 e. The number of carbonyl (C=O) groups is 1. The van der Waals surface area contributed by atoms with Crippen LogP contribution in [0.1, 0.15) is 23.2 Å². The van der Waals surface area contributed by atoms with E-state index in [2.05, 4.69) is 15.9 Å². The minimum absolute atomic E-state index is 0.146. The molecule has 0 radical (unpaired) electrons. The van der Waals surface area contributed by atoms with Crippen molar-refractivity contribution >= 4 is 22.2 Å². The van der Waals surface area contributed by atoms with Crippen LogP contribution in [0.25, 0.3) is 0 Å². The quantitative estimate of drug-likeness (QED) is 0.784. The monoisotopic (exact) mass is 314 g/mol. The first-order valence-electron chi connectivity index (χ1n) is 5.81. The van der Waals surface area contributed by atoms with Crippen LogP contribution >= 0.6 is 15.9 Å². The third-order valence-electron chi connectivity index (χ3n) is 2.83. The minimum atomic E-state index is 0.146. The SMILES string of the molecule is COc1cc(C=O)cc(Br)c1OCC1CCCO1. The fraction of sp³-hybridized carbons (Fsp3) is 0.462. The van der Waals surface area contributed by atoms with Crippen molar-refractivity contribution in [1.82, 2.24) is 0 Å². The van der Waals surface area contributed by atoms with Crippen LogP contribution in [0.3, 0.4) is 0 Å². The topological polar surface area (TPSA) is 44.8 Å². The molecule has 0 amide bonds. The van der Waals surface area contributed by atoms with Crippen molar-refractivity contribution in [3.63, 3.8) is 0 Å². The second-order valence-corrected chi connectivity index (χ2v) is 4.95. The minimum Gasteiger partial charge on any atom is -0.493 e. The van der Waals surface area contributed by atoms with Crippen LogP contribution in [-0.4, -0.2) is 32.7 Å². The summed E-state index contributed by atoms with van der Waals surface area (Å²) in [6.45, 7) is 1.30. The van der Waals surface area contributed by atoms with Gasteiger partial charge in [-0.1, -0.05) is 0 Å². The van der Waals surface area contributed by atoms with Gasteiger partial charge in [0, 0.05) is 12.2 Å². The molecule has 1 unspecified atom stereocenters. The average molecular weight is 315 g/mol. The van der Waals surface area contributed by atoms with E-state index in [9.17, 15) is 4.79 Å². The second-order valence-electron chi connectivity index (χ2n) is 4.10. The molecular formula is C13H15BrO4. The predicted octanol–water partition coefficient (Wildman–Crippen LogP) is 2.83. The van der Waals surface area contributed by atoms with Crippen molar-refractivity contribution in [3.05, 3.63) is 22.2 Å². The summed E-state index contributed by atoms with van der Waals surface area (Å²) in [4.78, 5) is 10.8. The maximum atomic E-state index is 10.8. The molecular weight excluding hydrogens is 300 g/mol. The van der Waals surface area contributed by atoms with E-state index in [1.807, 2.05) is 0 Å². The Labute approximate surface area is 114 Å². The Balaban J connectivity index is 2.12. The Morgan fingerprint density at radius 3 is 3.00 bits per heavy atom. The van der Waals surface area contributed by atoms with Crippen LogP contribution in [0.15, 0.2) is 16.6 Å². The molecule has 0 aliphatic carbocycles. The highest BCUT2D eigenvalue weighted by molar-refractivity contribution is 9.10. The molecule has 98 valence electrons. The molecule has 1 aromatic rings. The van der Waals surface area contributed by atoms with E-state index in [4.69, 9.17) is 14.2 Å². The van der Waals surface area contributed by atoms with Crippen LogP contribution in [0.5, 0.6) is 11.5 Å². The third-order valence-corrected chi connectivity index (χ3v) is 3.41. The highest BCUT2D eigenvalue weighted by Crippen LogP contribution is 2.36. The summed E-state index contributed by atoms with van der Waals surface area (Å²) >= 11 is 3.38. The lowest BCUT2D eigenvalue weighted by molar-refractivity contribution is 0.0667. The van der Waals surface area contributed by atoms with Gasteiger partial charge in [0.1, 0.15) is 12.9 Å². The molecule has 1 aliphatic rings. The number of methoxy groups -OCH3 is 1. The summed E-state index contributed by atoms with van der Waals surface area (Å²) < 4.78 is 17.2. The first kappa shape index (κ1) is 13.4. The van der Waals surface area contributed by atoms with E-state index in [0.29, 0.717) is 28.1 Å². The van der Waals surface area contributed by atoms with Crippen LogP contribution in [0.2, 0.25) is 0 Å². The second kappa shape index (κ2) is 6.20. The summed E-state index contributed by atoms with van der Waals surface area (Å²) in [6, 6.07) is 3.36. The number of aldehydes is 1. The lowest BCUT2D eigenvalue weighted by atomic mass is 10.2. The average Bonchev–Trinajstić information content (AvgIpc) is 2.89. The molecule has 1 aliphatic heterocycles. The molecule has 1 saturated heterocycles. The van der Waals surface area contributed by atoms with Gasteiger partial charge in [-0.2, -0.15) is 0 Å².